The Hall–Kier alpha value is -3.55. The second kappa shape index (κ2) is 7.61. The first-order valence-electron chi connectivity index (χ1n) is 9.84. The summed E-state index contributed by atoms with van der Waals surface area (Å²) < 4.78 is 32.3. The van der Waals surface area contributed by atoms with E-state index < -0.39 is 28.9 Å². The van der Waals surface area contributed by atoms with Crippen molar-refractivity contribution < 1.29 is 23.1 Å². The van der Waals surface area contributed by atoms with Gasteiger partial charge in [0.25, 0.3) is 5.91 Å². The Balaban J connectivity index is 1.89. The van der Waals surface area contributed by atoms with E-state index in [0.717, 1.165) is 28.6 Å². The number of hydrogen-bond acceptors (Lipinski definition) is 4. The van der Waals surface area contributed by atoms with E-state index in [9.17, 15) is 18.4 Å². The molecule has 1 amide bonds. The molecule has 0 spiro atoms. The molecule has 6 nitrogen and oxygen atoms in total. The average Bonchev–Trinajstić information content (AvgIpc) is 3.07. The first-order chi connectivity index (χ1) is 14.7. The lowest BCUT2D eigenvalue weighted by atomic mass is 9.82. The zero-order valence-corrected chi connectivity index (χ0v) is 17.3. The number of nitrogens with one attached hydrogen (secondary N) is 1. The quantitative estimate of drug-likeness (QED) is 0.639. The van der Waals surface area contributed by atoms with Crippen LogP contribution < -0.4 is 0 Å². The SMILES string of the molecule is CCOC(=O)C1=CN(C(=O)c2ccc(F)c(F)c2)CC(C)(C)c2c1[nH]c1cnccc21. The summed E-state index contributed by atoms with van der Waals surface area (Å²) in [7, 11) is 0. The van der Waals surface area contributed by atoms with Gasteiger partial charge in [0, 0.05) is 35.3 Å². The first-order valence-corrected chi connectivity index (χ1v) is 9.84. The highest BCUT2D eigenvalue weighted by molar-refractivity contribution is 6.18. The van der Waals surface area contributed by atoms with E-state index in [1.54, 1.807) is 19.3 Å². The predicted octanol–water partition coefficient (Wildman–Crippen LogP) is 4.18. The Kier molecular flexibility index (Phi) is 5.08. The van der Waals surface area contributed by atoms with Gasteiger partial charge in [-0.05, 0) is 36.8 Å². The lowest BCUT2D eigenvalue weighted by molar-refractivity contribution is -0.136. The largest absolute Gasteiger partial charge is 0.462 e. The van der Waals surface area contributed by atoms with Gasteiger partial charge in [0.1, 0.15) is 0 Å². The third-order valence-corrected chi connectivity index (χ3v) is 5.32. The van der Waals surface area contributed by atoms with Gasteiger partial charge in [-0.3, -0.25) is 9.78 Å². The zero-order chi connectivity index (χ0) is 22.3. The summed E-state index contributed by atoms with van der Waals surface area (Å²) in [6.45, 7) is 5.96. The van der Waals surface area contributed by atoms with E-state index in [1.807, 2.05) is 19.9 Å². The summed E-state index contributed by atoms with van der Waals surface area (Å²) in [6.07, 6.45) is 4.75. The molecule has 160 valence electrons. The molecule has 0 unspecified atom stereocenters. The molecule has 3 aromatic rings. The molecule has 1 aromatic carbocycles. The normalized spacial score (nSPS) is 15.3. The molecule has 1 aliphatic heterocycles. The van der Waals surface area contributed by atoms with Crippen LogP contribution in [0.3, 0.4) is 0 Å². The lowest BCUT2D eigenvalue weighted by Gasteiger charge is -2.29. The standard InChI is InChI=1S/C23H21F2N3O3/c1-4-31-22(30)15-11-28(21(29)13-5-6-16(24)17(25)9-13)12-23(2,3)19-14-7-8-26-10-18(14)27-20(15)19/h5-11,27H,4,12H2,1-3H3. The molecule has 0 bridgehead atoms. The minimum absolute atomic E-state index is 0.0197. The molecule has 0 saturated heterocycles. The van der Waals surface area contributed by atoms with Gasteiger partial charge in [0.2, 0.25) is 0 Å². The van der Waals surface area contributed by atoms with Crippen LogP contribution in [0.2, 0.25) is 0 Å². The number of aromatic amines is 1. The number of pyridine rings is 1. The van der Waals surface area contributed by atoms with Crippen LogP contribution in [0.4, 0.5) is 8.78 Å². The first kappa shape index (κ1) is 20.7. The van der Waals surface area contributed by atoms with Crippen molar-refractivity contribution in [1.82, 2.24) is 14.9 Å². The van der Waals surface area contributed by atoms with Crippen molar-refractivity contribution in [3.8, 4) is 0 Å². The third-order valence-electron chi connectivity index (χ3n) is 5.32. The molecule has 8 heteroatoms. The summed E-state index contributed by atoms with van der Waals surface area (Å²) in [5.74, 6) is -3.29. The molecule has 4 rings (SSSR count). The monoisotopic (exact) mass is 425 g/mol. The fraction of sp³-hybridized carbons (Fsp3) is 0.261. The molecule has 3 heterocycles. The average molecular weight is 425 g/mol. The molecule has 1 aliphatic rings. The minimum atomic E-state index is -1.11. The number of amides is 1. The molecule has 0 atom stereocenters. The van der Waals surface area contributed by atoms with Crippen molar-refractivity contribution in [2.45, 2.75) is 26.2 Å². The molecule has 2 aromatic heterocycles. The molecular formula is C23H21F2N3O3. The summed E-state index contributed by atoms with van der Waals surface area (Å²) >= 11 is 0. The smallest absolute Gasteiger partial charge is 0.341 e. The molecular weight excluding hydrogens is 404 g/mol. The Morgan fingerprint density at radius 3 is 2.71 bits per heavy atom. The number of nitrogens with zero attached hydrogens (tertiary/aromatic N) is 2. The summed E-state index contributed by atoms with van der Waals surface area (Å²) in [5.41, 5.74) is 1.73. The van der Waals surface area contributed by atoms with Gasteiger partial charge in [0.15, 0.2) is 11.6 Å². The van der Waals surface area contributed by atoms with Crippen LogP contribution in [0.25, 0.3) is 16.5 Å². The van der Waals surface area contributed by atoms with Crippen molar-refractivity contribution in [2.24, 2.45) is 0 Å². The third kappa shape index (κ3) is 3.58. The van der Waals surface area contributed by atoms with Crippen LogP contribution in [-0.2, 0) is 14.9 Å². The molecule has 0 fully saturated rings. The molecule has 0 saturated carbocycles. The number of halogens is 2. The Bertz CT molecular complexity index is 1230. The Labute approximate surface area is 177 Å². The summed E-state index contributed by atoms with van der Waals surface area (Å²) in [6, 6.07) is 4.83. The Morgan fingerprint density at radius 1 is 1.23 bits per heavy atom. The van der Waals surface area contributed by atoms with Gasteiger partial charge in [-0.15, -0.1) is 0 Å². The highest BCUT2D eigenvalue weighted by Gasteiger charge is 2.37. The van der Waals surface area contributed by atoms with Crippen LogP contribution in [0.1, 0.15) is 42.4 Å². The maximum atomic E-state index is 13.7. The highest BCUT2D eigenvalue weighted by Crippen LogP contribution is 2.40. The number of ether oxygens (including phenoxy) is 1. The van der Waals surface area contributed by atoms with E-state index in [2.05, 4.69) is 9.97 Å². The number of hydrogen-bond donors (Lipinski definition) is 1. The number of carbonyl (C=O) groups excluding carboxylic acids is 2. The van der Waals surface area contributed by atoms with Crippen LogP contribution in [0, 0.1) is 11.6 Å². The molecule has 0 radical (unpaired) electrons. The van der Waals surface area contributed by atoms with Gasteiger partial charge in [-0.1, -0.05) is 13.8 Å². The van der Waals surface area contributed by atoms with E-state index in [1.165, 1.54) is 17.2 Å². The van der Waals surface area contributed by atoms with E-state index in [4.69, 9.17) is 4.74 Å². The van der Waals surface area contributed by atoms with Crippen molar-refractivity contribution in [3.63, 3.8) is 0 Å². The predicted molar refractivity (Wildman–Crippen MR) is 111 cm³/mol. The Morgan fingerprint density at radius 2 is 2.00 bits per heavy atom. The van der Waals surface area contributed by atoms with Crippen LogP contribution in [-0.4, -0.2) is 39.9 Å². The van der Waals surface area contributed by atoms with Crippen molar-refractivity contribution in [2.75, 3.05) is 13.2 Å². The maximum absolute atomic E-state index is 13.7. The van der Waals surface area contributed by atoms with Gasteiger partial charge in [0.05, 0.1) is 29.6 Å². The number of aromatic nitrogens is 2. The van der Waals surface area contributed by atoms with Crippen LogP contribution in [0.5, 0.6) is 0 Å². The van der Waals surface area contributed by atoms with E-state index in [0.29, 0.717) is 5.69 Å². The number of H-pyrrole nitrogens is 1. The lowest BCUT2D eigenvalue weighted by Crippen LogP contribution is -2.37. The van der Waals surface area contributed by atoms with Gasteiger partial charge >= 0.3 is 5.97 Å². The molecule has 0 aliphatic carbocycles. The number of carbonyl (C=O) groups is 2. The fourth-order valence-corrected chi connectivity index (χ4v) is 4.01. The van der Waals surface area contributed by atoms with Crippen molar-refractivity contribution >= 4 is 28.4 Å². The minimum Gasteiger partial charge on any atom is -0.462 e. The van der Waals surface area contributed by atoms with Crippen molar-refractivity contribution in [1.29, 1.82) is 0 Å². The second-order valence-electron chi connectivity index (χ2n) is 8.01. The molecule has 1 N–H and O–H groups in total. The summed E-state index contributed by atoms with van der Waals surface area (Å²) in [4.78, 5) is 34.7. The number of rotatable bonds is 3. The molecule has 31 heavy (non-hydrogen) atoms. The van der Waals surface area contributed by atoms with Crippen molar-refractivity contribution in [3.05, 3.63) is 71.3 Å². The van der Waals surface area contributed by atoms with E-state index in [-0.39, 0.29) is 24.3 Å². The fourth-order valence-electron chi connectivity index (χ4n) is 4.01. The second-order valence-corrected chi connectivity index (χ2v) is 8.01. The summed E-state index contributed by atoms with van der Waals surface area (Å²) in [5, 5.41) is 0.882. The highest BCUT2D eigenvalue weighted by atomic mass is 19.2. The van der Waals surface area contributed by atoms with Crippen LogP contribution >= 0.6 is 0 Å². The number of fused-ring (bicyclic) bond motifs is 3. The van der Waals surface area contributed by atoms with E-state index >= 15 is 0 Å². The maximum Gasteiger partial charge on any atom is 0.341 e. The number of benzene rings is 1. The number of esters is 1. The van der Waals surface area contributed by atoms with Gasteiger partial charge < -0.3 is 14.6 Å². The van der Waals surface area contributed by atoms with Crippen LogP contribution in [0.15, 0.2) is 42.9 Å². The van der Waals surface area contributed by atoms with Gasteiger partial charge in [-0.2, -0.15) is 0 Å². The van der Waals surface area contributed by atoms with Gasteiger partial charge in [-0.25, -0.2) is 13.6 Å². The zero-order valence-electron chi connectivity index (χ0n) is 17.3. The topological polar surface area (TPSA) is 75.3 Å².